The number of hydrogen-bond acceptors (Lipinski definition) is 2. The molecule has 0 fully saturated rings. The van der Waals surface area contributed by atoms with Crippen LogP contribution in [-0.4, -0.2) is 13.7 Å². The van der Waals surface area contributed by atoms with Gasteiger partial charge in [-0.1, -0.05) is 42.8 Å². The van der Waals surface area contributed by atoms with Crippen LogP contribution in [0.2, 0.25) is 0 Å². The number of ether oxygens (including phenoxy) is 1. The SMILES string of the molecule is CCNC(Cc1ccc(OC)cc1)c1cc(C)ccc1C. The Morgan fingerprint density at radius 1 is 1.05 bits per heavy atom. The number of rotatable bonds is 6. The van der Waals surface area contributed by atoms with Crippen LogP contribution in [0.25, 0.3) is 0 Å². The average molecular weight is 283 g/mol. The zero-order valence-corrected chi connectivity index (χ0v) is 13.4. The van der Waals surface area contributed by atoms with Crippen LogP contribution in [-0.2, 0) is 6.42 Å². The molecule has 1 N–H and O–H groups in total. The molecule has 2 aromatic carbocycles. The summed E-state index contributed by atoms with van der Waals surface area (Å²) in [6, 6.07) is 15.4. The summed E-state index contributed by atoms with van der Waals surface area (Å²) >= 11 is 0. The summed E-state index contributed by atoms with van der Waals surface area (Å²) in [6.07, 6.45) is 0.988. The van der Waals surface area contributed by atoms with Gasteiger partial charge in [-0.3, -0.25) is 0 Å². The summed E-state index contributed by atoms with van der Waals surface area (Å²) in [4.78, 5) is 0. The maximum absolute atomic E-state index is 5.23. The maximum Gasteiger partial charge on any atom is 0.118 e. The third-order valence-corrected chi connectivity index (χ3v) is 3.86. The second kappa shape index (κ2) is 7.28. The molecule has 2 heteroatoms. The summed E-state index contributed by atoms with van der Waals surface area (Å²) < 4.78 is 5.23. The average Bonchev–Trinajstić information content (AvgIpc) is 2.50. The molecule has 0 radical (unpaired) electrons. The van der Waals surface area contributed by atoms with E-state index in [2.05, 4.69) is 56.4 Å². The van der Waals surface area contributed by atoms with Crippen molar-refractivity contribution in [1.29, 1.82) is 0 Å². The molecular weight excluding hydrogens is 258 g/mol. The summed E-state index contributed by atoms with van der Waals surface area (Å²) in [7, 11) is 1.70. The van der Waals surface area contributed by atoms with E-state index in [1.54, 1.807) is 7.11 Å². The van der Waals surface area contributed by atoms with Gasteiger partial charge in [0.2, 0.25) is 0 Å². The fourth-order valence-electron chi connectivity index (χ4n) is 2.67. The maximum atomic E-state index is 5.23. The third-order valence-electron chi connectivity index (χ3n) is 3.86. The number of likely N-dealkylation sites (N-methyl/N-ethyl adjacent to an activating group) is 1. The molecule has 21 heavy (non-hydrogen) atoms. The van der Waals surface area contributed by atoms with E-state index in [1.807, 2.05) is 12.1 Å². The van der Waals surface area contributed by atoms with Crippen molar-refractivity contribution < 1.29 is 4.74 Å². The number of aryl methyl sites for hydroxylation is 2. The molecular formula is C19H25NO. The monoisotopic (exact) mass is 283 g/mol. The Morgan fingerprint density at radius 3 is 2.38 bits per heavy atom. The quantitative estimate of drug-likeness (QED) is 0.857. The van der Waals surface area contributed by atoms with E-state index in [1.165, 1.54) is 22.3 Å². The van der Waals surface area contributed by atoms with Crippen LogP contribution < -0.4 is 10.1 Å². The number of benzene rings is 2. The Labute approximate surface area is 128 Å². The highest BCUT2D eigenvalue weighted by atomic mass is 16.5. The lowest BCUT2D eigenvalue weighted by Gasteiger charge is -2.21. The van der Waals surface area contributed by atoms with Crippen molar-refractivity contribution in [2.24, 2.45) is 0 Å². The molecule has 0 saturated carbocycles. The zero-order chi connectivity index (χ0) is 15.2. The van der Waals surface area contributed by atoms with Gasteiger partial charge in [-0.25, -0.2) is 0 Å². The van der Waals surface area contributed by atoms with Gasteiger partial charge in [-0.2, -0.15) is 0 Å². The van der Waals surface area contributed by atoms with Gasteiger partial charge >= 0.3 is 0 Å². The zero-order valence-electron chi connectivity index (χ0n) is 13.4. The predicted octanol–water partition coefficient (Wildman–Crippen LogP) is 4.21. The molecule has 0 aliphatic heterocycles. The number of methoxy groups -OCH3 is 1. The van der Waals surface area contributed by atoms with Crippen LogP contribution in [0.15, 0.2) is 42.5 Å². The molecule has 0 bridgehead atoms. The molecule has 0 aliphatic rings. The highest BCUT2D eigenvalue weighted by Crippen LogP contribution is 2.24. The third kappa shape index (κ3) is 4.08. The van der Waals surface area contributed by atoms with E-state index in [0.29, 0.717) is 6.04 Å². The van der Waals surface area contributed by atoms with Crippen LogP contribution in [0.5, 0.6) is 5.75 Å². The van der Waals surface area contributed by atoms with Gasteiger partial charge in [-0.05, 0) is 55.6 Å². The van der Waals surface area contributed by atoms with Crippen LogP contribution in [0, 0.1) is 13.8 Å². The van der Waals surface area contributed by atoms with E-state index in [4.69, 9.17) is 4.74 Å². The molecule has 2 rings (SSSR count). The fourth-order valence-corrected chi connectivity index (χ4v) is 2.67. The van der Waals surface area contributed by atoms with Crippen molar-refractivity contribution in [1.82, 2.24) is 5.32 Å². The largest absolute Gasteiger partial charge is 0.497 e. The lowest BCUT2D eigenvalue weighted by Crippen LogP contribution is -2.23. The summed E-state index contributed by atoms with van der Waals surface area (Å²) in [6.45, 7) is 7.47. The fraction of sp³-hybridized carbons (Fsp3) is 0.368. The minimum atomic E-state index is 0.350. The van der Waals surface area contributed by atoms with Gasteiger partial charge in [-0.15, -0.1) is 0 Å². The summed E-state index contributed by atoms with van der Waals surface area (Å²) in [5, 5.41) is 3.61. The van der Waals surface area contributed by atoms with Gasteiger partial charge in [0.15, 0.2) is 0 Å². The minimum absolute atomic E-state index is 0.350. The van der Waals surface area contributed by atoms with Crippen molar-refractivity contribution in [2.45, 2.75) is 33.2 Å². The first kappa shape index (κ1) is 15.6. The smallest absolute Gasteiger partial charge is 0.118 e. The summed E-state index contributed by atoms with van der Waals surface area (Å²) in [5.74, 6) is 0.908. The summed E-state index contributed by atoms with van der Waals surface area (Å²) in [5.41, 5.74) is 5.38. The van der Waals surface area contributed by atoms with Crippen molar-refractivity contribution >= 4 is 0 Å². The molecule has 0 spiro atoms. The number of hydrogen-bond donors (Lipinski definition) is 1. The van der Waals surface area contributed by atoms with Crippen molar-refractivity contribution in [3.05, 3.63) is 64.7 Å². The Balaban J connectivity index is 2.23. The van der Waals surface area contributed by atoms with E-state index in [0.717, 1.165) is 18.7 Å². The molecule has 1 unspecified atom stereocenters. The standard InChI is InChI=1S/C19H25NO/c1-5-20-19(18-12-14(2)6-7-15(18)3)13-16-8-10-17(21-4)11-9-16/h6-12,19-20H,5,13H2,1-4H3. The van der Waals surface area contributed by atoms with Crippen LogP contribution >= 0.6 is 0 Å². The first-order valence-electron chi connectivity index (χ1n) is 7.57. The van der Waals surface area contributed by atoms with E-state index in [-0.39, 0.29) is 0 Å². The Kier molecular flexibility index (Phi) is 5.40. The molecule has 2 aromatic rings. The second-order valence-electron chi connectivity index (χ2n) is 5.52. The molecule has 0 saturated heterocycles. The highest BCUT2D eigenvalue weighted by Gasteiger charge is 2.13. The van der Waals surface area contributed by atoms with Crippen molar-refractivity contribution in [3.8, 4) is 5.75 Å². The molecule has 0 amide bonds. The van der Waals surface area contributed by atoms with Gasteiger partial charge < -0.3 is 10.1 Å². The van der Waals surface area contributed by atoms with Crippen molar-refractivity contribution in [3.63, 3.8) is 0 Å². The second-order valence-corrected chi connectivity index (χ2v) is 5.52. The normalized spacial score (nSPS) is 12.2. The Hall–Kier alpha value is -1.80. The van der Waals surface area contributed by atoms with Crippen molar-refractivity contribution in [2.75, 3.05) is 13.7 Å². The molecule has 112 valence electrons. The molecule has 2 nitrogen and oxygen atoms in total. The minimum Gasteiger partial charge on any atom is -0.497 e. The van der Waals surface area contributed by atoms with Crippen LogP contribution in [0.1, 0.15) is 35.2 Å². The van der Waals surface area contributed by atoms with Gasteiger partial charge in [0, 0.05) is 6.04 Å². The van der Waals surface area contributed by atoms with Gasteiger partial charge in [0.1, 0.15) is 5.75 Å². The van der Waals surface area contributed by atoms with Crippen LogP contribution in [0.4, 0.5) is 0 Å². The Bertz CT molecular complexity index is 575. The van der Waals surface area contributed by atoms with E-state index >= 15 is 0 Å². The molecule has 1 atom stereocenters. The topological polar surface area (TPSA) is 21.3 Å². The lowest BCUT2D eigenvalue weighted by atomic mass is 9.94. The van der Waals surface area contributed by atoms with Gasteiger partial charge in [0.05, 0.1) is 7.11 Å². The molecule has 0 aromatic heterocycles. The first-order chi connectivity index (χ1) is 10.1. The highest BCUT2D eigenvalue weighted by molar-refractivity contribution is 5.35. The first-order valence-corrected chi connectivity index (χ1v) is 7.57. The molecule has 0 aliphatic carbocycles. The van der Waals surface area contributed by atoms with E-state index in [9.17, 15) is 0 Å². The number of nitrogens with one attached hydrogen (secondary N) is 1. The lowest BCUT2D eigenvalue weighted by molar-refractivity contribution is 0.414. The van der Waals surface area contributed by atoms with Crippen LogP contribution in [0.3, 0.4) is 0 Å². The van der Waals surface area contributed by atoms with Gasteiger partial charge in [0.25, 0.3) is 0 Å². The predicted molar refractivity (Wildman–Crippen MR) is 89.0 cm³/mol. The molecule has 0 heterocycles. The Morgan fingerprint density at radius 2 is 1.76 bits per heavy atom. The van der Waals surface area contributed by atoms with E-state index < -0.39 is 0 Å².